The fourth-order valence-electron chi connectivity index (χ4n) is 1.22. The van der Waals surface area contributed by atoms with Gasteiger partial charge in [-0.1, -0.05) is 0 Å². The van der Waals surface area contributed by atoms with E-state index in [1.165, 1.54) is 0 Å². The van der Waals surface area contributed by atoms with Crippen LogP contribution in [0.4, 0.5) is 0 Å². The number of primary amides is 1. The van der Waals surface area contributed by atoms with Crippen LogP contribution in [0.1, 0.15) is 27.2 Å². The molecule has 89 valence electrons. The maximum absolute atomic E-state index is 11.2. The first-order valence-corrected chi connectivity index (χ1v) is 4.90. The predicted octanol–water partition coefficient (Wildman–Crippen LogP) is -0.519. The first kappa shape index (κ1) is 12.8. The van der Waals surface area contributed by atoms with Crippen molar-refractivity contribution in [3.05, 3.63) is 6.04 Å². The minimum absolute atomic E-state index is 0.110. The molecule has 1 radical (unpaired) electrons. The molecule has 1 aliphatic carbocycles. The second-order valence-corrected chi connectivity index (χ2v) is 4.65. The van der Waals surface area contributed by atoms with E-state index in [0.717, 1.165) is 0 Å². The van der Waals surface area contributed by atoms with E-state index < -0.39 is 29.0 Å². The van der Waals surface area contributed by atoms with Crippen LogP contribution in [0, 0.1) is 12.0 Å². The van der Waals surface area contributed by atoms with Gasteiger partial charge in [0.25, 0.3) is 0 Å². The average molecular weight is 227 g/mol. The van der Waals surface area contributed by atoms with Gasteiger partial charge in [0.15, 0.2) is 0 Å². The Morgan fingerprint density at radius 3 is 2.44 bits per heavy atom. The van der Waals surface area contributed by atoms with E-state index in [1.807, 2.05) is 0 Å². The van der Waals surface area contributed by atoms with Gasteiger partial charge in [-0.25, -0.2) is 0 Å². The van der Waals surface area contributed by atoms with Crippen molar-refractivity contribution in [2.75, 3.05) is 0 Å². The number of hydrogen-bond donors (Lipinski definition) is 2. The molecule has 0 bridgehead atoms. The third kappa shape index (κ3) is 2.86. The van der Waals surface area contributed by atoms with Gasteiger partial charge in [-0.15, -0.1) is 0 Å². The van der Waals surface area contributed by atoms with Crippen LogP contribution in [0.2, 0.25) is 0 Å². The number of rotatable bonds is 4. The number of carbonyl (C=O) groups excluding carboxylic acids is 3. The number of amides is 1. The summed E-state index contributed by atoms with van der Waals surface area (Å²) in [4.78, 5) is 38.2. The van der Waals surface area contributed by atoms with Crippen LogP contribution in [0.25, 0.3) is 0 Å². The van der Waals surface area contributed by atoms with Crippen molar-refractivity contribution in [1.82, 2.24) is 5.48 Å². The monoisotopic (exact) mass is 227 g/mol. The van der Waals surface area contributed by atoms with Crippen molar-refractivity contribution < 1.29 is 19.2 Å². The first-order chi connectivity index (χ1) is 7.22. The fraction of sp³-hybridized carbons (Fsp3) is 0.600. The summed E-state index contributed by atoms with van der Waals surface area (Å²) in [7, 11) is 0. The number of hydrogen-bond acceptors (Lipinski definition) is 5. The summed E-state index contributed by atoms with van der Waals surface area (Å²) in [6.45, 7) is 5.36. The molecule has 1 aliphatic rings. The first-order valence-electron chi connectivity index (χ1n) is 4.90. The van der Waals surface area contributed by atoms with Gasteiger partial charge >= 0.3 is 0 Å². The second kappa shape index (κ2) is 4.31. The molecule has 1 atom stereocenters. The highest BCUT2D eigenvalue weighted by Gasteiger charge is 2.51. The van der Waals surface area contributed by atoms with E-state index >= 15 is 0 Å². The Bertz CT molecular complexity index is 332. The molecular formula is C10H15N2O4. The van der Waals surface area contributed by atoms with Crippen LogP contribution >= 0.6 is 0 Å². The van der Waals surface area contributed by atoms with Gasteiger partial charge in [-0.3, -0.25) is 19.2 Å². The zero-order valence-electron chi connectivity index (χ0n) is 9.49. The van der Waals surface area contributed by atoms with Gasteiger partial charge < -0.3 is 5.73 Å². The minimum Gasteiger partial charge on any atom is -0.370 e. The molecule has 1 amide bonds. The van der Waals surface area contributed by atoms with E-state index in [2.05, 4.69) is 5.48 Å². The van der Waals surface area contributed by atoms with Crippen molar-refractivity contribution in [2.45, 2.75) is 32.8 Å². The molecular weight excluding hydrogens is 212 g/mol. The molecule has 0 aromatic heterocycles. The highest BCUT2D eigenvalue weighted by Crippen LogP contribution is 2.30. The lowest BCUT2D eigenvalue weighted by Gasteiger charge is -2.33. The second-order valence-electron chi connectivity index (χ2n) is 4.65. The van der Waals surface area contributed by atoms with E-state index in [9.17, 15) is 14.4 Å². The van der Waals surface area contributed by atoms with E-state index in [4.69, 9.17) is 10.6 Å². The smallest absolute Gasteiger partial charge is 0.224 e. The van der Waals surface area contributed by atoms with E-state index in [1.54, 1.807) is 20.8 Å². The summed E-state index contributed by atoms with van der Waals surface area (Å²) in [6, 6.07) is 0.110. The van der Waals surface area contributed by atoms with Crippen LogP contribution in [0.3, 0.4) is 0 Å². The molecule has 6 nitrogen and oxygen atoms in total. The van der Waals surface area contributed by atoms with Crippen molar-refractivity contribution in [3.63, 3.8) is 0 Å². The van der Waals surface area contributed by atoms with Gasteiger partial charge in [0.05, 0.1) is 11.5 Å². The van der Waals surface area contributed by atoms with Crippen LogP contribution in [-0.2, 0) is 19.2 Å². The van der Waals surface area contributed by atoms with E-state index in [-0.39, 0.29) is 12.5 Å². The molecule has 1 saturated carbocycles. The Hall–Kier alpha value is -1.27. The van der Waals surface area contributed by atoms with Crippen molar-refractivity contribution >= 4 is 17.5 Å². The molecule has 0 saturated heterocycles. The molecule has 0 spiro atoms. The SMILES string of the molecule is CC(C)(C)ON[C]1C(=O)C(=O)C1CC(N)=O. The van der Waals surface area contributed by atoms with Crippen LogP contribution in [-0.4, -0.2) is 23.1 Å². The third-order valence-electron chi connectivity index (χ3n) is 2.01. The summed E-state index contributed by atoms with van der Waals surface area (Å²) < 4.78 is 0. The number of nitrogens with two attached hydrogens (primary N) is 1. The molecule has 1 rings (SSSR count). The quantitative estimate of drug-likeness (QED) is 0.497. The summed E-state index contributed by atoms with van der Waals surface area (Å²) in [5.74, 6) is -2.64. The van der Waals surface area contributed by atoms with E-state index in [0.29, 0.717) is 0 Å². The normalized spacial score (nSPS) is 22.1. The summed E-state index contributed by atoms with van der Waals surface area (Å²) >= 11 is 0. The summed E-state index contributed by atoms with van der Waals surface area (Å²) in [5.41, 5.74) is 6.91. The van der Waals surface area contributed by atoms with Crippen molar-refractivity contribution in [3.8, 4) is 0 Å². The van der Waals surface area contributed by atoms with Gasteiger partial charge in [-0.05, 0) is 20.8 Å². The Labute approximate surface area is 93.5 Å². The van der Waals surface area contributed by atoms with Gasteiger partial charge in [0.1, 0.15) is 6.04 Å². The Balaban J connectivity index is 2.55. The molecule has 1 fully saturated rings. The molecule has 1 unspecified atom stereocenters. The zero-order chi connectivity index (χ0) is 12.5. The van der Waals surface area contributed by atoms with Crippen LogP contribution < -0.4 is 11.2 Å². The average Bonchev–Trinajstić information content (AvgIpc) is 2.13. The number of nitrogens with one attached hydrogen (secondary N) is 1. The molecule has 0 aromatic carbocycles. The molecule has 16 heavy (non-hydrogen) atoms. The topological polar surface area (TPSA) is 98.5 Å². The lowest BCUT2D eigenvalue weighted by molar-refractivity contribution is -0.153. The number of carbonyl (C=O) groups is 3. The maximum atomic E-state index is 11.2. The number of hydroxylamine groups is 1. The highest BCUT2D eigenvalue weighted by atomic mass is 16.7. The molecule has 0 heterocycles. The van der Waals surface area contributed by atoms with Crippen LogP contribution in [0.15, 0.2) is 0 Å². The molecule has 0 aliphatic heterocycles. The van der Waals surface area contributed by atoms with Gasteiger partial charge in [0, 0.05) is 6.42 Å². The molecule has 0 aromatic rings. The van der Waals surface area contributed by atoms with Gasteiger partial charge in [-0.2, -0.15) is 5.48 Å². The number of Topliss-reactive ketones (excluding diaryl/α,β-unsaturated/α-hetero) is 2. The fourth-order valence-corrected chi connectivity index (χ4v) is 1.22. The Morgan fingerprint density at radius 2 is 2.00 bits per heavy atom. The Kier molecular flexibility index (Phi) is 3.44. The maximum Gasteiger partial charge on any atom is 0.224 e. The lowest BCUT2D eigenvalue weighted by Crippen LogP contribution is -2.55. The van der Waals surface area contributed by atoms with Crippen molar-refractivity contribution in [2.24, 2.45) is 11.7 Å². The number of ketones is 2. The highest BCUT2D eigenvalue weighted by molar-refractivity contribution is 6.51. The van der Waals surface area contributed by atoms with Gasteiger partial charge in [0.2, 0.25) is 17.5 Å². The predicted molar refractivity (Wildman–Crippen MR) is 54.5 cm³/mol. The molecule has 6 heteroatoms. The summed E-state index contributed by atoms with van der Waals surface area (Å²) in [5, 5.41) is 0. The largest absolute Gasteiger partial charge is 0.370 e. The summed E-state index contributed by atoms with van der Waals surface area (Å²) in [6.07, 6.45) is -0.166. The lowest BCUT2D eigenvalue weighted by atomic mass is 9.75. The van der Waals surface area contributed by atoms with Crippen molar-refractivity contribution in [1.29, 1.82) is 0 Å². The molecule has 3 N–H and O–H groups in total. The third-order valence-corrected chi connectivity index (χ3v) is 2.01. The van der Waals surface area contributed by atoms with Crippen LogP contribution in [0.5, 0.6) is 0 Å². The standard InChI is InChI=1S/C10H15N2O4/c1-10(2,3)16-12-7-5(4-6(11)13)8(14)9(7)15/h5,12H,4H2,1-3H3,(H2,11,13). The zero-order valence-corrected chi connectivity index (χ0v) is 9.49. The Morgan fingerprint density at radius 1 is 1.44 bits per heavy atom. The minimum atomic E-state index is -0.771.